The molecule has 0 aliphatic rings. The van der Waals surface area contributed by atoms with Crippen molar-refractivity contribution in [3.63, 3.8) is 0 Å². The zero-order valence-electron chi connectivity index (χ0n) is 53.0. The van der Waals surface area contributed by atoms with Gasteiger partial charge in [-0.15, -0.1) is 0 Å². The van der Waals surface area contributed by atoms with Gasteiger partial charge in [0.15, 0.2) is 23.0 Å². The van der Waals surface area contributed by atoms with E-state index in [-0.39, 0.29) is 40.3 Å². The summed E-state index contributed by atoms with van der Waals surface area (Å²) in [5.41, 5.74) is 8.44. The van der Waals surface area contributed by atoms with Crippen LogP contribution in [0.4, 0.5) is 13.2 Å². The Morgan fingerprint density at radius 2 is 0.762 bits per heavy atom. The zero-order valence-corrected chi connectivity index (χ0v) is 53.0. The summed E-state index contributed by atoms with van der Waals surface area (Å²) < 4.78 is 68.6. The molecule has 6 aromatic rings. The molecule has 0 bridgehead atoms. The second-order valence-corrected chi connectivity index (χ2v) is 25.5. The van der Waals surface area contributed by atoms with Gasteiger partial charge in [0, 0.05) is 5.56 Å². The first-order valence-corrected chi connectivity index (χ1v) is 27.0. The molecule has 6 aromatic carbocycles. The summed E-state index contributed by atoms with van der Waals surface area (Å²) in [4.78, 5) is 0. The van der Waals surface area contributed by atoms with Gasteiger partial charge >= 0.3 is 6.18 Å². The van der Waals surface area contributed by atoms with E-state index in [1.807, 2.05) is 81.4 Å². The Labute approximate surface area is 481 Å². The highest BCUT2D eigenvalue weighted by Crippen LogP contribution is 2.39. The predicted molar refractivity (Wildman–Crippen MR) is 327 cm³/mol. The lowest BCUT2D eigenvalue weighted by Gasteiger charge is -2.23. The number of aliphatic hydroxyl groups is 2. The molecule has 0 aliphatic carbocycles. The van der Waals surface area contributed by atoms with Gasteiger partial charge in [0.05, 0.1) is 61.4 Å². The summed E-state index contributed by atoms with van der Waals surface area (Å²) in [7, 11) is 9.95. The fourth-order valence-corrected chi connectivity index (χ4v) is 7.62. The molecule has 0 fully saturated rings. The first-order valence-electron chi connectivity index (χ1n) is 27.0. The molecule has 6 rings (SSSR count). The molecule has 2 N–H and O–H groups in total. The number of aliphatic hydroxyl groups excluding tert-OH is 2. The highest BCUT2D eigenvalue weighted by molar-refractivity contribution is 5.49. The number of hydrogen-bond donors (Lipinski definition) is 2. The summed E-state index contributed by atoms with van der Waals surface area (Å²) in [5.74, 6) is 4.89. The van der Waals surface area contributed by atoms with Crippen molar-refractivity contribution in [3.05, 3.63) is 177 Å². The first-order chi connectivity index (χ1) is 36.8. The molecule has 0 aromatic heterocycles. The van der Waals surface area contributed by atoms with Crippen molar-refractivity contribution in [3.8, 4) is 34.5 Å². The van der Waals surface area contributed by atoms with E-state index in [1.54, 1.807) is 48.7 Å². The molecule has 11 heteroatoms. The minimum Gasteiger partial charge on any atom is -0.497 e. The van der Waals surface area contributed by atoms with Crippen LogP contribution < -0.4 is 28.4 Å². The minimum atomic E-state index is -4.25. The van der Waals surface area contributed by atoms with Crippen molar-refractivity contribution in [2.45, 2.75) is 177 Å². The largest absolute Gasteiger partial charge is 0.497 e. The lowest BCUT2D eigenvalue weighted by molar-refractivity contribution is -0.137. The fraction of sp³-hybridized carbons (Fsp3) is 0.478. The lowest BCUT2D eigenvalue weighted by atomic mass is 9.85. The molecule has 0 unspecified atom stereocenters. The van der Waals surface area contributed by atoms with Crippen molar-refractivity contribution in [1.82, 2.24) is 0 Å². The highest BCUT2D eigenvalue weighted by atomic mass is 19.4. The van der Waals surface area contributed by atoms with E-state index in [0.29, 0.717) is 11.0 Å². The van der Waals surface area contributed by atoms with Gasteiger partial charge in [-0.2, -0.15) is 13.2 Å². The maximum atomic E-state index is 12.4. The van der Waals surface area contributed by atoms with Gasteiger partial charge in [-0.1, -0.05) is 203 Å². The van der Waals surface area contributed by atoms with Crippen LogP contribution in [0.25, 0.3) is 0 Å². The number of ether oxygens (including phenoxy) is 6. The molecule has 0 spiro atoms. The maximum absolute atomic E-state index is 12.4. The first kappa shape index (κ1) is 71.8. The topological polar surface area (TPSA) is 95.8 Å². The lowest BCUT2D eigenvalue weighted by Crippen LogP contribution is -2.13. The van der Waals surface area contributed by atoms with Gasteiger partial charge < -0.3 is 38.6 Å². The summed E-state index contributed by atoms with van der Waals surface area (Å²) in [6.07, 6.45) is -4.25. The van der Waals surface area contributed by atoms with E-state index in [2.05, 4.69) is 146 Å². The van der Waals surface area contributed by atoms with Crippen LogP contribution in [0.1, 0.15) is 175 Å². The van der Waals surface area contributed by atoms with Crippen molar-refractivity contribution < 1.29 is 51.8 Å². The molecule has 0 radical (unpaired) electrons. The van der Waals surface area contributed by atoms with E-state index < -0.39 is 11.7 Å². The van der Waals surface area contributed by atoms with Crippen molar-refractivity contribution >= 4 is 0 Å². The van der Waals surface area contributed by atoms with Gasteiger partial charge in [0.1, 0.15) is 11.5 Å². The van der Waals surface area contributed by atoms with Crippen LogP contribution in [0.5, 0.6) is 34.5 Å². The van der Waals surface area contributed by atoms with Gasteiger partial charge in [0.25, 0.3) is 0 Å². The Kier molecular flexibility index (Phi) is 28.0. The number of para-hydroxylation sites is 1. The second kappa shape index (κ2) is 31.2. The van der Waals surface area contributed by atoms with E-state index >= 15 is 0 Å². The minimum absolute atomic E-state index is 0.0382. The average molecular weight is 1110 g/mol. The molecule has 0 amide bonds. The smallest absolute Gasteiger partial charge is 0.416 e. The van der Waals surface area contributed by atoms with Gasteiger partial charge in [-0.25, -0.2) is 0 Å². The van der Waals surface area contributed by atoms with E-state index in [0.717, 1.165) is 57.3 Å². The van der Waals surface area contributed by atoms with Crippen molar-refractivity contribution in [1.29, 1.82) is 0 Å². The van der Waals surface area contributed by atoms with E-state index in [4.69, 9.17) is 38.6 Å². The van der Waals surface area contributed by atoms with Gasteiger partial charge in [-0.3, -0.25) is 0 Å². The Morgan fingerprint density at radius 1 is 0.312 bits per heavy atom. The van der Waals surface area contributed by atoms with Gasteiger partial charge in [-0.05, 0) is 120 Å². The molecule has 0 saturated carbocycles. The molecule has 80 heavy (non-hydrogen) atoms. The second-order valence-electron chi connectivity index (χ2n) is 25.5. The molecule has 0 atom stereocenters. The zero-order chi connectivity index (χ0) is 61.7. The number of benzene rings is 6. The highest BCUT2D eigenvalue weighted by Gasteiger charge is 2.31. The standard InChI is InChI=1S/4C12H18O2.C11H13F3.C10H14/c1-12(2,3)10-5-9(8-13)6-11(7-10)14-4;1-12(2,3)9-6-7-10(13-4)11(8-9)14-5;1-12(2,3)9-7-6-8-10(13-4)11(9)14-5;1-12(2,3)10-7-9(8-13)5-6-11(10)14-4;1-10(2,3)8-5-4-6-9(7-8)11(12,13)14;1-10(2,3)9-7-5-4-6-8-9/h5-7,13H,8H2,1-4H3;2*6-8H,1-5H3;5-7,13H,8H2,1-4H3;4-7H,1-3H3;4-8H,1-3H3. The van der Waals surface area contributed by atoms with Crippen LogP contribution in [-0.2, 0) is 51.9 Å². The average Bonchev–Trinajstić information content (AvgIpc) is 3.39. The molecule has 444 valence electrons. The number of alkyl halides is 3. The number of rotatable bonds is 8. The Balaban J connectivity index is 0.000000481. The molecular weight excluding hydrogens is 1010 g/mol. The quantitative estimate of drug-likeness (QED) is 0.156. The third-order valence-corrected chi connectivity index (χ3v) is 12.7. The van der Waals surface area contributed by atoms with Crippen LogP contribution in [0.2, 0.25) is 0 Å². The van der Waals surface area contributed by atoms with Gasteiger partial charge in [0.2, 0.25) is 0 Å². The Bertz CT molecular complexity index is 2670. The third kappa shape index (κ3) is 24.3. The molecule has 0 saturated heterocycles. The van der Waals surface area contributed by atoms with Crippen LogP contribution in [0.15, 0.2) is 127 Å². The van der Waals surface area contributed by atoms with Crippen LogP contribution >= 0.6 is 0 Å². The van der Waals surface area contributed by atoms with Crippen LogP contribution in [-0.4, -0.2) is 52.9 Å². The number of halogens is 3. The maximum Gasteiger partial charge on any atom is 0.416 e. The molecule has 0 heterocycles. The van der Waals surface area contributed by atoms with Crippen molar-refractivity contribution in [2.75, 3.05) is 42.7 Å². The fourth-order valence-electron chi connectivity index (χ4n) is 7.62. The Hall–Kier alpha value is -6.17. The van der Waals surface area contributed by atoms with Crippen molar-refractivity contribution in [2.24, 2.45) is 0 Å². The van der Waals surface area contributed by atoms with Crippen LogP contribution in [0, 0.1) is 0 Å². The monoisotopic (exact) mass is 1110 g/mol. The normalized spacial score (nSPS) is 11.7. The molecular formula is C69H99F3O8. The van der Waals surface area contributed by atoms with E-state index in [9.17, 15) is 13.2 Å². The number of hydrogen-bond acceptors (Lipinski definition) is 8. The predicted octanol–water partition coefficient (Wildman–Crippen LogP) is 18.0. The summed E-state index contributed by atoms with van der Waals surface area (Å²) >= 11 is 0. The SMILES string of the molecule is CC(C)(C)c1cccc(C(F)(F)F)c1.CC(C)(C)c1ccccc1.COc1cc(CO)cc(C(C)(C)C)c1.COc1ccc(C(C)(C)C)cc1OC.COc1ccc(CO)cc1C(C)(C)C.COc1cccc(C(C)(C)C)c1OC. The summed E-state index contributed by atoms with van der Waals surface area (Å²) in [6.45, 7) is 38.3. The molecule has 0 aliphatic heterocycles. The third-order valence-electron chi connectivity index (χ3n) is 12.7. The number of methoxy groups -OCH3 is 6. The molecule has 8 nitrogen and oxygen atoms in total. The summed E-state index contributed by atoms with van der Waals surface area (Å²) in [6, 6.07) is 39.7. The van der Waals surface area contributed by atoms with Crippen LogP contribution in [0.3, 0.4) is 0 Å². The van der Waals surface area contributed by atoms with E-state index in [1.165, 1.54) is 34.4 Å². The Morgan fingerprint density at radius 3 is 1.18 bits per heavy atom. The summed E-state index contributed by atoms with van der Waals surface area (Å²) in [5, 5.41) is 18.1.